The molecule has 0 saturated carbocycles. The van der Waals surface area contributed by atoms with Crippen molar-refractivity contribution in [2.45, 2.75) is 13.5 Å². The van der Waals surface area contributed by atoms with Gasteiger partial charge in [-0.1, -0.05) is 36.4 Å². The number of hydrogen-bond donors (Lipinski definition) is 1. The third-order valence-corrected chi connectivity index (χ3v) is 4.08. The Labute approximate surface area is 159 Å². The highest BCUT2D eigenvalue weighted by Gasteiger charge is 2.17. The maximum Gasteiger partial charge on any atom is 0.251 e. The number of rotatable bonds is 7. The monoisotopic (exact) mass is 362 g/mol. The Kier molecular flexibility index (Phi) is 6.05. The standard InChI is InChI=1S/C22H22N2O3/c1-3-27-20-13-18(22(25)24-15-16-8-7-11-23-14-16)12-19(21(20)26-2)17-9-5-4-6-10-17/h4-14H,3,15H2,1-2H3,(H,24,25). The predicted molar refractivity (Wildman–Crippen MR) is 105 cm³/mol. The van der Waals surface area contributed by atoms with Gasteiger partial charge in [0.05, 0.1) is 13.7 Å². The Bertz CT molecular complexity index is 896. The zero-order valence-electron chi connectivity index (χ0n) is 15.4. The number of aromatic nitrogens is 1. The number of nitrogens with one attached hydrogen (secondary N) is 1. The molecule has 0 radical (unpaired) electrons. The number of ether oxygens (including phenoxy) is 2. The number of benzene rings is 2. The molecule has 3 aromatic rings. The third kappa shape index (κ3) is 4.44. The van der Waals surface area contributed by atoms with Crippen LogP contribution in [0.3, 0.4) is 0 Å². The van der Waals surface area contributed by atoms with E-state index in [1.165, 1.54) is 0 Å². The van der Waals surface area contributed by atoms with Crippen molar-refractivity contribution < 1.29 is 14.3 Å². The van der Waals surface area contributed by atoms with Crippen molar-refractivity contribution in [2.24, 2.45) is 0 Å². The summed E-state index contributed by atoms with van der Waals surface area (Å²) in [6.07, 6.45) is 3.44. The fraction of sp³-hybridized carbons (Fsp3) is 0.182. The number of hydrogen-bond acceptors (Lipinski definition) is 4. The summed E-state index contributed by atoms with van der Waals surface area (Å²) in [5, 5.41) is 2.93. The lowest BCUT2D eigenvalue weighted by molar-refractivity contribution is 0.0950. The van der Waals surface area contributed by atoms with Crippen LogP contribution in [0.5, 0.6) is 11.5 Å². The molecule has 0 spiro atoms. The molecule has 27 heavy (non-hydrogen) atoms. The van der Waals surface area contributed by atoms with Crippen molar-refractivity contribution in [3.8, 4) is 22.6 Å². The zero-order chi connectivity index (χ0) is 19.1. The van der Waals surface area contributed by atoms with E-state index in [1.807, 2.05) is 55.5 Å². The highest BCUT2D eigenvalue weighted by atomic mass is 16.5. The van der Waals surface area contributed by atoms with Crippen molar-refractivity contribution >= 4 is 5.91 Å². The van der Waals surface area contributed by atoms with Crippen LogP contribution >= 0.6 is 0 Å². The van der Waals surface area contributed by atoms with Crippen molar-refractivity contribution in [1.29, 1.82) is 0 Å². The first kappa shape index (κ1) is 18.5. The normalized spacial score (nSPS) is 10.3. The van der Waals surface area contributed by atoms with Crippen LogP contribution in [-0.2, 0) is 6.54 Å². The Morgan fingerprint density at radius 3 is 2.59 bits per heavy atom. The Hall–Kier alpha value is -3.34. The summed E-state index contributed by atoms with van der Waals surface area (Å²) in [6, 6.07) is 17.1. The van der Waals surface area contributed by atoms with Crippen LogP contribution in [0.2, 0.25) is 0 Å². The van der Waals surface area contributed by atoms with Crippen molar-refractivity contribution in [2.75, 3.05) is 13.7 Å². The minimum absolute atomic E-state index is 0.181. The second-order valence-corrected chi connectivity index (χ2v) is 5.90. The van der Waals surface area contributed by atoms with E-state index in [2.05, 4.69) is 10.3 Å². The molecular formula is C22H22N2O3. The van der Waals surface area contributed by atoms with Gasteiger partial charge in [0.2, 0.25) is 0 Å². The van der Waals surface area contributed by atoms with E-state index in [1.54, 1.807) is 25.6 Å². The molecule has 0 bridgehead atoms. The summed E-state index contributed by atoms with van der Waals surface area (Å²) in [4.78, 5) is 16.8. The highest BCUT2D eigenvalue weighted by Crippen LogP contribution is 2.39. The van der Waals surface area contributed by atoms with E-state index in [4.69, 9.17) is 9.47 Å². The fourth-order valence-electron chi connectivity index (χ4n) is 2.83. The first-order valence-electron chi connectivity index (χ1n) is 8.80. The largest absolute Gasteiger partial charge is 0.492 e. The zero-order valence-corrected chi connectivity index (χ0v) is 15.4. The molecule has 0 fully saturated rings. The molecule has 2 aromatic carbocycles. The molecule has 0 unspecified atom stereocenters. The van der Waals surface area contributed by atoms with Crippen LogP contribution < -0.4 is 14.8 Å². The molecule has 5 nitrogen and oxygen atoms in total. The average Bonchev–Trinajstić information content (AvgIpc) is 2.73. The molecule has 0 aliphatic heterocycles. The number of nitrogens with zero attached hydrogens (tertiary/aromatic N) is 1. The average molecular weight is 362 g/mol. The molecule has 1 aromatic heterocycles. The van der Waals surface area contributed by atoms with Crippen LogP contribution in [-0.4, -0.2) is 24.6 Å². The van der Waals surface area contributed by atoms with Crippen molar-refractivity contribution in [3.05, 3.63) is 78.1 Å². The Morgan fingerprint density at radius 1 is 1.11 bits per heavy atom. The van der Waals surface area contributed by atoms with E-state index < -0.39 is 0 Å². The number of amides is 1. The second kappa shape index (κ2) is 8.85. The molecule has 0 aliphatic rings. The lowest BCUT2D eigenvalue weighted by Gasteiger charge is -2.16. The van der Waals surface area contributed by atoms with Crippen LogP contribution in [0, 0.1) is 0 Å². The van der Waals surface area contributed by atoms with Gasteiger partial charge in [-0.15, -0.1) is 0 Å². The summed E-state index contributed by atoms with van der Waals surface area (Å²) in [6.45, 7) is 2.78. The number of carbonyl (C=O) groups excluding carboxylic acids is 1. The summed E-state index contributed by atoms with van der Waals surface area (Å²) >= 11 is 0. The SMILES string of the molecule is CCOc1cc(C(=O)NCc2cccnc2)cc(-c2ccccc2)c1OC. The molecule has 0 aliphatic carbocycles. The van der Waals surface area contributed by atoms with Gasteiger partial charge in [-0.05, 0) is 36.2 Å². The van der Waals surface area contributed by atoms with Crippen LogP contribution in [0.1, 0.15) is 22.8 Å². The molecule has 0 atom stereocenters. The van der Waals surface area contributed by atoms with Gasteiger partial charge < -0.3 is 14.8 Å². The third-order valence-electron chi connectivity index (χ3n) is 4.08. The molecule has 1 N–H and O–H groups in total. The molecule has 1 heterocycles. The first-order valence-corrected chi connectivity index (χ1v) is 8.80. The van der Waals surface area contributed by atoms with E-state index in [9.17, 15) is 4.79 Å². The van der Waals surface area contributed by atoms with Gasteiger partial charge in [0.15, 0.2) is 11.5 Å². The lowest BCUT2D eigenvalue weighted by Crippen LogP contribution is -2.23. The Morgan fingerprint density at radius 2 is 1.93 bits per heavy atom. The minimum atomic E-state index is -0.181. The molecule has 0 saturated heterocycles. The van der Waals surface area contributed by atoms with E-state index in [-0.39, 0.29) is 5.91 Å². The maximum absolute atomic E-state index is 12.7. The number of methoxy groups -OCH3 is 1. The molecule has 5 heteroatoms. The van der Waals surface area contributed by atoms with Crippen molar-refractivity contribution in [3.63, 3.8) is 0 Å². The van der Waals surface area contributed by atoms with Gasteiger partial charge in [0, 0.05) is 30.1 Å². The topological polar surface area (TPSA) is 60.5 Å². The number of pyridine rings is 1. The van der Waals surface area contributed by atoms with Crippen LogP contribution in [0.4, 0.5) is 0 Å². The van der Waals surface area contributed by atoms with Crippen LogP contribution in [0.25, 0.3) is 11.1 Å². The molecular weight excluding hydrogens is 340 g/mol. The smallest absolute Gasteiger partial charge is 0.251 e. The van der Waals surface area contributed by atoms with E-state index in [0.29, 0.717) is 30.2 Å². The predicted octanol–water partition coefficient (Wildman–Crippen LogP) is 4.09. The molecule has 3 rings (SSSR count). The lowest BCUT2D eigenvalue weighted by atomic mass is 10.0. The van der Waals surface area contributed by atoms with E-state index in [0.717, 1.165) is 16.7 Å². The fourth-order valence-corrected chi connectivity index (χ4v) is 2.83. The summed E-state index contributed by atoms with van der Waals surface area (Å²) in [5.41, 5.74) is 3.22. The van der Waals surface area contributed by atoms with Gasteiger partial charge in [-0.3, -0.25) is 9.78 Å². The molecule has 1 amide bonds. The van der Waals surface area contributed by atoms with Gasteiger partial charge >= 0.3 is 0 Å². The molecule has 138 valence electrons. The highest BCUT2D eigenvalue weighted by molar-refractivity contribution is 5.97. The maximum atomic E-state index is 12.7. The van der Waals surface area contributed by atoms with Gasteiger partial charge in [-0.2, -0.15) is 0 Å². The van der Waals surface area contributed by atoms with Gasteiger partial charge in [-0.25, -0.2) is 0 Å². The summed E-state index contributed by atoms with van der Waals surface area (Å²) in [5.74, 6) is 0.986. The second-order valence-electron chi connectivity index (χ2n) is 5.90. The van der Waals surface area contributed by atoms with Gasteiger partial charge in [0.1, 0.15) is 0 Å². The minimum Gasteiger partial charge on any atom is -0.492 e. The summed E-state index contributed by atoms with van der Waals surface area (Å²) < 4.78 is 11.3. The van der Waals surface area contributed by atoms with Gasteiger partial charge in [0.25, 0.3) is 5.91 Å². The Balaban J connectivity index is 1.94. The first-order chi connectivity index (χ1) is 13.2. The van der Waals surface area contributed by atoms with Crippen LogP contribution in [0.15, 0.2) is 67.0 Å². The van der Waals surface area contributed by atoms with E-state index >= 15 is 0 Å². The summed E-state index contributed by atoms with van der Waals surface area (Å²) in [7, 11) is 1.60. The van der Waals surface area contributed by atoms with Crippen molar-refractivity contribution in [1.82, 2.24) is 10.3 Å². The quantitative estimate of drug-likeness (QED) is 0.688. The number of carbonyl (C=O) groups is 1.